The molecular weight excluding hydrogens is 233 g/mol. The Bertz CT molecular complexity index is 333. The topological polar surface area (TPSA) is 44.5 Å². The molecule has 0 aromatic heterocycles. The van der Waals surface area contributed by atoms with Crippen molar-refractivity contribution in [2.24, 2.45) is 5.73 Å². The van der Waals surface area contributed by atoms with Crippen molar-refractivity contribution in [2.45, 2.75) is 25.3 Å². The summed E-state index contributed by atoms with van der Waals surface area (Å²) in [5, 5.41) is 0. The number of hydrogen-bond donors (Lipinski definition) is 1. The van der Waals surface area contributed by atoms with E-state index in [4.69, 9.17) is 15.2 Å². The number of methoxy groups -OCH3 is 1. The molecule has 1 rings (SSSR count). The highest BCUT2D eigenvalue weighted by molar-refractivity contribution is 5.18. The van der Waals surface area contributed by atoms with Crippen LogP contribution in [-0.4, -0.2) is 33.0 Å². The van der Waals surface area contributed by atoms with E-state index in [2.05, 4.69) is 0 Å². The van der Waals surface area contributed by atoms with Crippen LogP contribution in [0.2, 0.25) is 0 Å². The van der Waals surface area contributed by atoms with Crippen LogP contribution in [0.25, 0.3) is 0 Å². The summed E-state index contributed by atoms with van der Waals surface area (Å²) in [5.74, 6) is -0.177. The highest BCUT2D eigenvalue weighted by atomic mass is 19.1. The summed E-state index contributed by atoms with van der Waals surface area (Å²) in [6.07, 6.45) is 2.30. The average molecular weight is 255 g/mol. The molecule has 0 bridgehead atoms. The molecular formula is C14H22FNO2. The molecule has 1 atom stereocenters. The van der Waals surface area contributed by atoms with E-state index in [9.17, 15) is 4.39 Å². The third-order valence-corrected chi connectivity index (χ3v) is 2.74. The zero-order valence-corrected chi connectivity index (χ0v) is 10.9. The Kier molecular flexibility index (Phi) is 7.57. The van der Waals surface area contributed by atoms with Crippen molar-refractivity contribution in [3.05, 3.63) is 35.6 Å². The second kappa shape index (κ2) is 9.03. The van der Waals surface area contributed by atoms with E-state index in [0.29, 0.717) is 31.8 Å². The van der Waals surface area contributed by atoms with Crippen molar-refractivity contribution in [2.75, 3.05) is 26.9 Å². The van der Waals surface area contributed by atoms with Gasteiger partial charge in [0.25, 0.3) is 0 Å². The lowest BCUT2D eigenvalue weighted by Gasteiger charge is -2.12. The molecule has 0 amide bonds. The van der Waals surface area contributed by atoms with Crippen molar-refractivity contribution < 1.29 is 13.9 Å². The number of benzene rings is 1. The number of rotatable bonds is 9. The van der Waals surface area contributed by atoms with Gasteiger partial charge in [0, 0.05) is 19.8 Å². The molecule has 0 aliphatic rings. The van der Waals surface area contributed by atoms with Gasteiger partial charge in [-0.25, -0.2) is 4.39 Å². The second-order valence-corrected chi connectivity index (χ2v) is 4.30. The second-order valence-electron chi connectivity index (χ2n) is 4.30. The van der Waals surface area contributed by atoms with E-state index >= 15 is 0 Å². The Morgan fingerprint density at radius 2 is 2.00 bits per heavy atom. The van der Waals surface area contributed by atoms with E-state index in [1.54, 1.807) is 19.2 Å². The van der Waals surface area contributed by atoms with Crippen molar-refractivity contribution >= 4 is 0 Å². The van der Waals surface area contributed by atoms with Gasteiger partial charge in [0.1, 0.15) is 5.82 Å². The maximum Gasteiger partial charge on any atom is 0.126 e. The molecule has 0 saturated heterocycles. The van der Waals surface area contributed by atoms with Crippen molar-refractivity contribution in [1.29, 1.82) is 0 Å². The quantitative estimate of drug-likeness (QED) is 0.688. The summed E-state index contributed by atoms with van der Waals surface area (Å²) in [4.78, 5) is 0. The third-order valence-electron chi connectivity index (χ3n) is 2.74. The van der Waals surface area contributed by atoms with E-state index in [-0.39, 0.29) is 11.9 Å². The van der Waals surface area contributed by atoms with Crippen LogP contribution < -0.4 is 5.73 Å². The minimum atomic E-state index is -0.177. The summed E-state index contributed by atoms with van der Waals surface area (Å²) < 4.78 is 23.6. The summed E-state index contributed by atoms with van der Waals surface area (Å²) in [6, 6.07) is 6.75. The minimum Gasteiger partial charge on any atom is -0.382 e. The molecule has 18 heavy (non-hydrogen) atoms. The fourth-order valence-corrected chi connectivity index (χ4v) is 1.74. The summed E-state index contributed by atoms with van der Waals surface area (Å²) in [6.45, 7) is 1.90. The van der Waals surface area contributed by atoms with Crippen molar-refractivity contribution in [3.8, 4) is 0 Å². The third kappa shape index (κ3) is 6.10. The molecule has 0 fully saturated rings. The van der Waals surface area contributed by atoms with Crippen LogP contribution in [0.3, 0.4) is 0 Å². The van der Waals surface area contributed by atoms with Gasteiger partial charge >= 0.3 is 0 Å². The van der Waals surface area contributed by atoms with Crippen LogP contribution >= 0.6 is 0 Å². The number of nitrogens with two attached hydrogens (primary N) is 1. The minimum absolute atomic E-state index is 0.0204. The monoisotopic (exact) mass is 255 g/mol. The number of hydrogen-bond acceptors (Lipinski definition) is 3. The first-order chi connectivity index (χ1) is 8.74. The van der Waals surface area contributed by atoms with Gasteiger partial charge in [-0.2, -0.15) is 0 Å². The van der Waals surface area contributed by atoms with Crippen LogP contribution in [0.5, 0.6) is 0 Å². The van der Waals surface area contributed by atoms with E-state index in [0.717, 1.165) is 12.8 Å². The van der Waals surface area contributed by atoms with Crippen LogP contribution in [0.15, 0.2) is 24.3 Å². The predicted molar refractivity (Wildman–Crippen MR) is 70.0 cm³/mol. The van der Waals surface area contributed by atoms with Gasteiger partial charge in [0.15, 0.2) is 0 Å². The zero-order valence-electron chi connectivity index (χ0n) is 10.9. The van der Waals surface area contributed by atoms with Crippen molar-refractivity contribution in [1.82, 2.24) is 0 Å². The first-order valence-electron chi connectivity index (χ1n) is 6.29. The smallest absolute Gasteiger partial charge is 0.126 e. The van der Waals surface area contributed by atoms with Crippen molar-refractivity contribution in [3.63, 3.8) is 0 Å². The fraction of sp³-hybridized carbons (Fsp3) is 0.571. The molecule has 1 unspecified atom stereocenters. The predicted octanol–water partition coefficient (Wildman–Crippen LogP) is 2.14. The van der Waals surface area contributed by atoms with Gasteiger partial charge in [-0.3, -0.25) is 0 Å². The van der Waals surface area contributed by atoms with Gasteiger partial charge in [0.05, 0.1) is 13.2 Å². The van der Waals surface area contributed by atoms with Gasteiger partial charge < -0.3 is 15.2 Å². The highest BCUT2D eigenvalue weighted by Gasteiger charge is 2.07. The van der Waals surface area contributed by atoms with E-state index < -0.39 is 0 Å². The Hall–Kier alpha value is -0.970. The molecule has 1 aromatic rings. The molecule has 0 spiro atoms. The summed E-state index contributed by atoms with van der Waals surface area (Å²) >= 11 is 0. The largest absolute Gasteiger partial charge is 0.382 e. The molecule has 0 saturated carbocycles. The van der Waals surface area contributed by atoms with Gasteiger partial charge in [-0.15, -0.1) is 0 Å². The molecule has 0 radical (unpaired) electrons. The lowest BCUT2D eigenvalue weighted by atomic mass is 10.0. The van der Waals surface area contributed by atoms with Crippen LogP contribution in [0.4, 0.5) is 4.39 Å². The zero-order chi connectivity index (χ0) is 13.2. The maximum absolute atomic E-state index is 13.4. The Morgan fingerprint density at radius 1 is 1.22 bits per heavy atom. The fourth-order valence-electron chi connectivity index (χ4n) is 1.74. The SMILES string of the molecule is COCCOCCCC(N)Cc1ccccc1F. The lowest BCUT2D eigenvalue weighted by Crippen LogP contribution is -2.23. The molecule has 0 heterocycles. The van der Waals surface area contributed by atoms with Gasteiger partial charge in [-0.1, -0.05) is 18.2 Å². The Balaban J connectivity index is 2.14. The first-order valence-corrected chi connectivity index (χ1v) is 6.29. The number of ether oxygens (including phenoxy) is 2. The molecule has 0 aliphatic heterocycles. The van der Waals surface area contributed by atoms with Gasteiger partial charge in [0.2, 0.25) is 0 Å². The van der Waals surface area contributed by atoms with Crippen LogP contribution in [0.1, 0.15) is 18.4 Å². The Morgan fingerprint density at radius 3 is 2.72 bits per heavy atom. The maximum atomic E-state index is 13.4. The summed E-state index contributed by atoms with van der Waals surface area (Å²) in [7, 11) is 1.65. The number of halogens is 1. The molecule has 3 nitrogen and oxygen atoms in total. The van der Waals surface area contributed by atoms with Crippen LogP contribution in [0, 0.1) is 5.82 Å². The molecule has 0 aliphatic carbocycles. The van der Waals surface area contributed by atoms with E-state index in [1.807, 2.05) is 6.07 Å². The normalized spacial score (nSPS) is 12.6. The molecule has 1 aromatic carbocycles. The highest BCUT2D eigenvalue weighted by Crippen LogP contribution is 2.10. The average Bonchev–Trinajstić information content (AvgIpc) is 2.36. The standard InChI is InChI=1S/C14H22FNO2/c1-17-9-10-18-8-4-6-13(16)11-12-5-2-3-7-14(12)15/h2-3,5,7,13H,4,6,8-11,16H2,1H3. The summed E-state index contributed by atoms with van der Waals surface area (Å²) in [5.41, 5.74) is 6.65. The van der Waals surface area contributed by atoms with Crippen LogP contribution in [-0.2, 0) is 15.9 Å². The molecule has 4 heteroatoms. The molecule has 102 valence electrons. The lowest BCUT2D eigenvalue weighted by molar-refractivity contribution is 0.0682. The molecule has 2 N–H and O–H groups in total. The van der Waals surface area contributed by atoms with Gasteiger partial charge in [-0.05, 0) is 30.9 Å². The first kappa shape index (κ1) is 15.1. The van der Waals surface area contributed by atoms with E-state index in [1.165, 1.54) is 6.07 Å². The Labute approximate surface area is 108 Å².